The Labute approximate surface area is 122 Å². The van der Waals surface area contributed by atoms with Gasteiger partial charge in [0.15, 0.2) is 0 Å². The highest BCUT2D eigenvalue weighted by Gasteiger charge is 2.21. The quantitative estimate of drug-likeness (QED) is 0.884. The molecule has 1 amide bonds. The molecule has 5 nitrogen and oxygen atoms in total. The van der Waals surface area contributed by atoms with Gasteiger partial charge in [0.2, 0.25) is 0 Å². The van der Waals surface area contributed by atoms with Gasteiger partial charge in [-0.1, -0.05) is 13.0 Å². The number of aliphatic hydroxyl groups excluding tert-OH is 1. The van der Waals surface area contributed by atoms with Gasteiger partial charge in [-0.05, 0) is 24.3 Å². The van der Waals surface area contributed by atoms with Crippen LogP contribution in [-0.4, -0.2) is 33.4 Å². The standard InChI is InChI=1S/C14H19N3O2S/c1-9(8-18)10(2)15-14(19)11-7-17(3)16-13(11)12-5-4-6-20-12/h4-7,9-10,18H,8H2,1-3H3,(H,15,19). The molecule has 0 bridgehead atoms. The summed E-state index contributed by atoms with van der Waals surface area (Å²) in [6.07, 6.45) is 1.72. The molecule has 0 saturated heterocycles. The Morgan fingerprint density at radius 1 is 1.55 bits per heavy atom. The van der Waals surface area contributed by atoms with Gasteiger partial charge in [-0.3, -0.25) is 9.48 Å². The van der Waals surface area contributed by atoms with Gasteiger partial charge in [0.1, 0.15) is 5.69 Å². The second-order valence-corrected chi connectivity index (χ2v) is 5.91. The number of nitrogens with zero attached hydrogens (tertiary/aromatic N) is 2. The van der Waals surface area contributed by atoms with Crippen LogP contribution in [0.15, 0.2) is 23.7 Å². The lowest BCUT2D eigenvalue weighted by Gasteiger charge is -2.19. The molecule has 2 heterocycles. The van der Waals surface area contributed by atoms with Crippen molar-refractivity contribution in [2.24, 2.45) is 13.0 Å². The summed E-state index contributed by atoms with van der Waals surface area (Å²) >= 11 is 1.55. The van der Waals surface area contributed by atoms with Crippen LogP contribution in [0, 0.1) is 5.92 Å². The third kappa shape index (κ3) is 3.08. The molecule has 2 N–H and O–H groups in total. The minimum Gasteiger partial charge on any atom is -0.396 e. The van der Waals surface area contributed by atoms with Gasteiger partial charge < -0.3 is 10.4 Å². The molecule has 2 atom stereocenters. The molecule has 0 fully saturated rings. The van der Waals surface area contributed by atoms with Gasteiger partial charge in [-0.25, -0.2) is 0 Å². The number of aromatic nitrogens is 2. The number of nitrogens with one attached hydrogen (secondary N) is 1. The van der Waals surface area contributed by atoms with E-state index in [9.17, 15) is 4.79 Å². The Kier molecular flexibility index (Phi) is 4.57. The molecule has 6 heteroatoms. The van der Waals surface area contributed by atoms with Gasteiger partial charge in [0, 0.05) is 25.9 Å². The SMILES string of the molecule is CC(CO)C(C)NC(=O)c1cn(C)nc1-c1cccs1. The lowest BCUT2D eigenvalue weighted by atomic mass is 10.0. The molecule has 108 valence electrons. The lowest BCUT2D eigenvalue weighted by Crippen LogP contribution is -2.38. The molecule has 2 aromatic rings. The van der Waals surface area contributed by atoms with Crippen LogP contribution in [-0.2, 0) is 7.05 Å². The molecule has 2 aromatic heterocycles. The first-order valence-electron chi connectivity index (χ1n) is 6.52. The highest BCUT2D eigenvalue weighted by Crippen LogP contribution is 2.26. The molecular weight excluding hydrogens is 274 g/mol. The first-order valence-corrected chi connectivity index (χ1v) is 7.40. The van der Waals surface area contributed by atoms with Crippen LogP contribution in [0.25, 0.3) is 10.6 Å². The molecular formula is C14H19N3O2S. The molecule has 0 aliphatic rings. The Morgan fingerprint density at radius 3 is 2.90 bits per heavy atom. The summed E-state index contributed by atoms with van der Waals surface area (Å²) in [5.41, 5.74) is 1.26. The third-order valence-electron chi connectivity index (χ3n) is 3.33. The van der Waals surface area contributed by atoms with Crippen molar-refractivity contribution in [3.8, 4) is 10.6 Å². The zero-order valence-corrected chi connectivity index (χ0v) is 12.6. The highest BCUT2D eigenvalue weighted by atomic mass is 32.1. The Hall–Kier alpha value is -1.66. The Bertz CT molecular complexity index is 577. The fourth-order valence-electron chi connectivity index (χ4n) is 1.83. The van der Waals surface area contributed by atoms with E-state index in [4.69, 9.17) is 5.11 Å². The summed E-state index contributed by atoms with van der Waals surface area (Å²) in [5.74, 6) is -0.143. The highest BCUT2D eigenvalue weighted by molar-refractivity contribution is 7.13. The van der Waals surface area contributed by atoms with Crippen LogP contribution in [0.1, 0.15) is 24.2 Å². The number of thiophene rings is 1. The maximum Gasteiger partial charge on any atom is 0.255 e. The Morgan fingerprint density at radius 2 is 2.30 bits per heavy atom. The number of hydrogen-bond acceptors (Lipinski definition) is 4. The number of aryl methyl sites for hydroxylation is 1. The number of carbonyl (C=O) groups is 1. The summed E-state index contributed by atoms with van der Waals surface area (Å²) < 4.78 is 1.64. The summed E-state index contributed by atoms with van der Waals surface area (Å²) in [7, 11) is 1.80. The van der Waals surface area contributed by atoms with Crippen molar-refractivity contribution in [2.45, 2.75) is 19.9 Å². The van der Waals surface area contributed by atoms with Crippen LogP contribution in [0.5, 0.6) is 0 Å². The molecule has 2 rings (SSSR count). The van der Waals surface area contributed by atoms with E-state index in [2.05, 4.69) is 10.4 Å². The van der Waals surface area contributed by atoms with E-state index >= 15 is 0 Å². The van der Waals surface area contributed by atoms with Crippen molar-refractivity contribution < 1.29 is 9.90 Å². The van der Waals surface area contributed by atoms with Crippen molar-refractivity contribution in [2.75, 3.05) is 6.61 Å². The number of rotatable bonds is 5. The second kappa shape index (κ2) is 6.19. The summed E-state index contributed by atoms with van der Waals surface area (Å²) in [6, 6.07) is 3.79. The second-order valence-electron chi connectivity index (χ2n) is 4.96. The van der Waals surface area contributed by atoms with Gasteiger partial charge in [0.25, 0.3) is 5.91 Å². The number of amides is 1. The van der Waals surface area contributed by atoms with Crippen LogP contribution in [0.2, 0.25) is 0 Å². The van der Waals surface area contributed by atoms with Crippen LogP contribution in [0.4, 0.5) is 0 Å². The van der Waals surface area contributed by atoms with E-state index < -0.39 is 0 Å². The first-order chi connectivity index (χ1) is 9.52. The van der Waals surface area contributed by atoms with Gasteiger partial charge >= 0.3 is 0 Å². The lowest BCUT2D eigenvalue weighted by molar-refractivity contribution is 0.0917. The summed E-state index contributed by atoms with van der Waals surface area (Å²) in [6.45, 7) is 3.83. The largest absolute Gasteiger partial charge is 0.396 e. The number of carbonyl (C=O) groups excluding carboxylic acids is 1. The summed E-state index contributed by atoms with van der Waals surface area (Å²) in [4.78, 5) is 13.3. The maximum atomic E-state index is 12.4. The predicted octanol–water partition coefficient (Wildman–Crippen LogP) is 1.90. The van der Waals surface area contributed by atoms with Crippen molar-refractivity contribution in [3.05, 3.63) is 29.3 Å². The fraction of sp³-hybridized carbons (Fsp3) is 0.429. The van der Waals surface area contributed by atoms with Crippen LogP contribution >= 0.6 is 11.3 Å². The third-order valence-corrected chi connectivity index (χ3v) is 4.20. The van der Waals surface area contributed by atoms with E-state index in [0.29, 0.717) is 11.3 Å². The van der Waals surface area contributed by atoms with Crippen molar-refractivity contribution in [1.82, 2.24) is 15.1 Å². The molecule has 2 unspecified atom stereocenters. The average Bonchev–Trinajstić information content (AvgIpc) is 3.05. The van der Waals surface area contributed by atoms with E-state index in [0.717, 1.165) is 4.88 Å². The minimum absolute atomic E-state index is 0.0146. The molecule has 0 saturated carbocycles. The number of hydrogen-bond donors (Lipinski definition) is 2. The van der Waals surface area contributed by atoms with Gasteiger partial charge in [-0.15, -0.1) is 11.3 Å². The van der Waals surface area contributed by atoms with E-state index in [1.165, 1.54) is 0 Å². The molecule has 0 aliphatic carbocycles. The van der Waals surface area contributed by atoms with Crippen LogP contribution in [0.3, 0.4) is 0 Å². The van der Waals surface area contributed by atoms with Gasteiger partial charge in [0.05, 0.1) is 10.4 Å². The van der Waals surface area contributed by atoms with Crippen molar-refractivity contribution >= 4 is 17.2 Å². The molecule has 0 aromatic carbocycles. The first kappa shape index (κ1) is 14.7. The Balaban J connectivity index is 2.22. The fourth-order valence-corrected chi connectivity index (χ4v) is 2.56. The zero-order chi connectivity index (χ0) is 14.7. The van der Waals surface area contributed by atoms with Crippen molar-refractivity contribution in [3.63, 3.8) is 0 Å². The maximum absolute atomic E-state index is 12.4. The normalized spacial score (nSPS) is 14.0. The smallest absolute Gasteiger partial charge is 0.255 e. The van der Waals surface area contributed by atoms with E-state index in [1.54, 1.807) is 29.3 Å². The predicted molar refractivity (Wildman–Crippen MR) is 79.7 cm³/mol. The van der Waals surface area contributed by atoms with Crippen molar-refractivity contribution in [1.29, 1.82) is 0 Å². The molecule has 20 heavy (non-hydrogen) atoms. The zero-order valence-electron chi connectivity index (χ0n) is 11.8. The van der Waals surface area contributed by atoms with E-state index in [1.807, 2.05) is 31.4 Å². The topological polar surface area (TPSA) is 67.2 Å². The summed E-state index contributed by atoms with van der Waals surface area (Å²) in [5, 5.41) is 18.4. The number of aliphatic hydroxyl groups is 1. The average molecular weight is 293 g/mol. The molecule has 0 radical (unpaired) electrons. The molecule has 0 spiro atoms. The van der Waals surface area contributed by atoms with Gasteiger partial charge in [-0.2, -0.15) is 5.10 Å². The minimum atomic E-state index is -0.158. The van der Waals surface area contributed by atoms with Crippen LogP contribution < -0.4 is 5.32 Å². The monoisotopic (exact) mass is 293 g/mol. The molecule has 0 aliphatic heterocycles. The van der Waals surface area contributed by atoms with E-state index in [-0.39, 0.29) is 24.5 Å².